The van der Waals surface area contributed by atoms with E-state index in [-0.39, 0.29) is 18.1 Å². The molecular weight excluding hydrogens is 354 g/mol. The molecule has 2 aliphatic rings. The van der Waals surface area contributed by atoms with E-state index in [0.29, 0.717) is 31.3 Å². The van der Waals surface area contributed by atoms with Crippen molar-refractivity contribution in [3.05, 3.63) is 34.2 Å². The molecule has 26 heavy (non-hydrogen) atoms. The minimum absolute atomic E-state index is 0.0265. The van der Waals surface area contributed by atoms with Gasteiger partial charge in [0.2, 0.25) is 5.88 Å². The minimum Gasteiger partial charge on any atom is -0.480 e. The van der Waals surface area contributed by atoms with E-state index in [1.165, 1.54) is 19.5 Å². The molecule has 4 heterocycles. The highest BCUT2D eigenvalue weighted by molar-refractivity contribution is 7.09. The second-order valence-corrected chi connectivity index (χ2v) is 7.52. The van der Waals surface area contributed by atoms with Gasteiger partial charge in [0, 0.05) is 31.6 Å². The molecule has 2 aromatic heterocycles. The third kappa shape index (κ3) is 3.42. The van der Waals surface area contributed by atoms with Crippen LogP contribution in [-0.2, 0) is 11.3 Å². The van der Waals surface area contributed by atoms with Crippen LogP contribution >= 0.6 is 11.3 Å². The average Bonchev–Trinajstić information content (AvgIpc) is 3.28. The van der Waals surface area contributed by atoms with E-state index in [0.717, 1.165) is 23.8 Å². The number of amides is 1. The predicted octanol–water partition coefficient (Wildman–Crippen LogP) is 0.976. The highest BCUT2D eigenvalue weighted by atomic mass is 32.1. The van der Waals surface area contributed by atoms with Gasteiger partial charge in [-0.15, -0.1) is 11.3 Å². The van der Waals surface area contributed by atoms with Crippen molar-refractivity contribution in [2.45, 2.75) is 25.6 Å². The number of hydrogen-bond donors (Lipinski definition) is 0. The van der Waals surface area contributed by atoms with Crippen LogP contribution in [-0.4, -0.2) is 76.2 Å². The molecule has 8 nitrogen and oxygen atoms in total. The van der Waals surface area contributed by atoms with E-state index < -0.39 is 0 Å². The van der Waals surface area contributed by atoms with Crippen molar-refractivity contribution in [1.29, 1.82) is 0 Å². The van der Waals surface area contributed by atoms with E-state index in [4.69, 9.17) is 9.47 Å². The number of likely N-dealkylation sites (tertiary alicyclic amines) is 1. The highest BCUT2D eigenvalue weighted by Gasteiger charge is 2.42. The van der Waals surface area contributed by atoms with Crippen molar-refractivity contribution >= 4 is 17.2 Å². The van der Waals surface area contributed by atoms with Crippen LogP contribution in [0.2, 0.25) is 0 Å². The third-order valence-corrected chi connectivity index (χ3v) is 5.61. The van der Waals surface area contributed by atoms with Crippen LogP contribution < -0.4 is 4.74 Å². The molecule has 0 aromatic carbocycles. The van der Waals surface area contributed by atoms with Crippen LogP contribution in [0.5, 0.6) is 5.88 Å². The van der Waals surface area contributed by atoms with Crippen LogP contribution in [0.25, 0.3) is 0 Å². The van der Waals surface area contributed by atoms with Crippen molar-refractivity contribution in [1.82, 2.24) is 24.8 Å². The summed E-state index contributed by atoms with van der Waals surface area (Å²) >= 11 is 1.66. The summed E-state index contributed by atoms with van der Waals surface area (Å²) in [6.45, 7) is 5.53. The molecule has 9 heteroatoms. The number of methoxy groups -OCH3 is 1. The Kier molecular flexibility index (Phi) is 4.84. The van der Waals surface area contributed by atoms with Crippen LogP contribution in [0.15, 0.2) is 17.8 Å². The number of hydrogen-bond acceptors (Lipinski definition) is 8. The Morgan fingerprint density at radius 1 is 1.38 bits per heavy atom. The molecule has 2 aliphatic heterocycles. The summed E-state index contributed by atoms with van der Waals surface area (Å²) in [5.41, 5.74) is 1.41. The lowest BCUT2D eigenvalue weighted by atomic mass is 10.1. The topological polar surface area (TPSA) is 80.7 Å². The number of fused-ring (bicyclic) bond motifs is 1. The number of carbonyl (C=O) groups excluding carboxylic acids is 1. The van der Waals surface area contributed by atoms with Gasteiger partial charge in [0.1, 0.15) is 5.69 Å². The SMILES string of the molecule is COc1cnc(C(=O)N2C[C@@H]3OCCN(Cc4csc(C)n4)[C@H]3C2)cn1. The maximum absolute atomic E-state index is 12.8. The van der Waals surface area contributed by atoms with Gasteiger partial charge >= 0.3 is 0 Å². The Labute approximate surface area is 155 Å². The van der Waals surface area contributed by atoms with Crippen LogP contribution in [0.1, 0.15) is 21.2 Å². The minimum atomic E-state index is -0.123. The molecule has 138 valence electrons. The van der Waals surface area contributed by atoms with Gasteiger partial charge < -0.3 is 14.4 Å². The molecule has 0 saturated carbocycles. The summed E-state index contributed by atoms with van der Waals surface area (Å²) in [7, 11) is 1.52. The van der Waals surface area contributed by atoms with Gasteiger partial charge in [-0.2, -0.15) is 0 Å². The van der Waals surface area contributed by atoms with Crippen molar-refractivity contribution in [2.75, 3.05) is 33.4 Å². The molecule has 1 amide bonds. The fourth-order valence-corrected chi connectivity index (χ4v) is 4.11. The number of carbonyl (C=O) groups is 1. The van der Waals surface area contributed by atoms with Crippen LogP contribution in [0.4, 0.5) is 0 Å². The molecule has 0 radical (unpaired) electrons. The predicted molar refractivity (Wildman–Crippen MR) is 95.3 cm³/mol. The zero-order chi connectivity index (χ0) is 18.1. The first-order chi connectivity index (χ1) is 12.6. The molecule has 2 aromatic rings. The first-order valence-electron chi connectivity index (χ1n) is 8.56. The van der Waals surface area contributed by atoms with Gasteiger partial charge in [0.25, 0.3) is 5.91 Å². The molecule has 2 atom stereocenters. The number of aromatic nitrogens is 3. The molecule has 4 rings (SSSR count). The van der Waals surface area contributed by atoms with Gasteiger partial charge in [0.05, 0.1) is 49.0 Å². The van der Waals surface area contributed by atoms with E-state index >= 15 is 0 Å². The zero-order valence-electron chi connectivity index (χ0n) is 14.8. The number of nitrogens with zero attached hydrogens (tertiary/aromatic N) is 5. The van der Waals surface area contributed by atoms with E-state index in [1.807, 2.05) is 6.92 Å². The Hall–Kier alpha value is -2.10. The first-order valence-corrected chi connectivity index (χ1v) is 9.44. The summed E-state index contributed by atoms with van der Waals surface area (Å²) in [5, 5.41) is 3.18. The molecule has 2 fully saturated rings. The third-order valence-electron chi connectivity index (χ3n) is 4.79. The average molecular weight is 375 g/mol. The lowest BCUT2D eigenvalue weighted by molar-refractivity contribution is -0.0507. The molecule has 0 spiro atoms. The smallest absolute Gasteiger partial charge is 0.274 e. The van der Waals surface area contributed by atoms with Crippen LogP contribution in [0.3, 0.4) is 0 Å². The molecule has 0 aliphatic carbocycles. The monoisotopic (exact) mass is 375 g/mol. The fourth-order valence-electron chi connectivity index (χ4n) is 3.50. The summed E-state index contributed by atoms with van der Waals surface area (Å²) in [4.78, 5) is 29.7. The maximum Gasteiger partial charge on any atom is 0.274 e. The first kappa shape index (κ1) is 17.3. The summed E-state index contributed by atoms with van der Waals surface area (Å²) in [6.07, 6.45) is 2.95. The number of ether oxygens (including phenoxy) is 2. The van der Waals surface area contributed by atoms with Gasteiger partial charge in [-0.25, -0.2) is 15.0 Å². The lowest BCUT2D eigenvalue weighted by Gasteiger charge is -2.36. The van der Waals surface area contributed by atoms with Gasteiger partial charge in [0.15, 0.2) is 0 Å². The van der Waals surface area contributed by atoms with E-state index in [2.05, 4.69) is 25.2 Å². The molecule has 0 N–H and O–H groups in total. The Balaban J connectivity index is 1.45. The maximum atomic E-state index is 12.8. The number of aryl methyl sites for hydroxylation is 1. The highest BCUT2D eigenvalue weighted by Crippen LogP contribution is 2.26. The standard InChI is InChI=1S/C17H21N5O3S/c1-11-20-12(10-26-11)7-21-3-4-25-15-9-22(8-14(15)21)17(23)13-5-19-16(24-2)6-18-13/h5-6,10,14-15H,3-4,7-9H2,1-2H3/t14-,15-/m0/s1. The molecule has 2 saturated heterocycles. The largest absolute Gasteiger partial charge is 0.480 e. The summed E-state index contributed by atoms with van der Waals surface area (Å²) < 4.78 is 10.9. The number of thiazole rings is 1. The summed E-state index contributed by atoms with van der Waals surface area (Å²) in [5.74, 6) is 0.271. The quantitative estimate of drug-likeness (QED) is 0.788. The summed E-state index contributed by atoms with van der Waals surface area (Å²) in [6, 6.07) is 0.181. The molecule has 0 bridgehead atoms. The normalized spacial score (nSPS) is 23.1. The fraction of sp³-hybridized carbons (Fsp3) is 0.529. The van der Waals surface area contributed by atoms with Crippen molar-refractivity contribution in [3.63, 3.8) is 0 Å². The Morgan fingerprint density at radius 3 is 2.96 bits per heavy atom. The van der Waals surface area contributed by atoms with Crippen LogP contribution in [0, 0.1) is 6.92 Å². The Morgan fingerprint density at radius 2 is 2.27 bits per heavy atom. The van der Waals surface area contributed by atoms with Gasteiger partial charge in [-0.05, 0) is 6.92 Å². The molecule has 0 unspecified atom stereocenters. The van der Waals surface area contributed by atoms with E-state index in [1.54, 1.807) is 16.2 Å². The second kappa shape index (κ2) is 7.26. The zero-order valence-corrected chi connectivity index (χ0v) is 15.6. The van der Waals surface area contributed by atoms with Crippen molar-refractivity contribution < 1.29 is 14.3 Å². The second-order valence-electron chi connectivity index (χ2n) is 6.46. The number of morpholine rings is 1. The van der Waals surface area contributed by atoms with E-state index in [9.17, 15) is 4.79 Å². The lowest BCUT2D eigenvalue weighted by Crippen LogP contribution is -2.50. The van der Waals surface area contributed by atoms with Crippen molar-refractivity contribution in [3.8, 4) is 5.88 Å². The van der Waals surface area contributed by atoms with Crippen molar-refractivity contribution in [2.24, 2.45) is 0 Å². The molecular formula is C17H21N5O3S. The van der Waals surface area contributed by atoms with Gasteiger partial charge in [-0.3, -0.25) is 9.69 Å². The Bertz CT molecular complexity index is 781. The van der Waals surface area contributed by atoms with Gasteiger partial charge in [-0.1, -0.05) is 0 Å². The number of rotatable bonds is 4.